The minimum absolute atomic E-state index is 0.0336. The molecule has 2 aromatic carbocycles. The Morgan fingerprint density at radius 3 is 2.57 bits per heavy atom. The van der Waals surface area contributed by atoms with Crippen LogP contribution in [0.15, 0.2) is 47.0 Å². The fourth-order valence-electron chi connectivity index (χ4n) is 3.59. The number of benzene rings is 2. The maximum Gasteiger partial charge on any atom is 0.232 e. The molecule has 1 atom stereocenters. The van der Waals surface area contributed by atoms with Crippen LogP contribution in [-0.4, -0.2) is 35.8 Å². The zero-order valence-corrected chi connectivity index (χ0v) is 17.6. The second kappa shape index (κ2) is 8.18. The van der Waals surface area contributed by atoms with Gasteiger partial charge in [-0.05, 0) is 56.7 Å². The Morgan fingerprint density at radius 2 is 1.87 bits per heavy atom. The van der Waals surface area contributed by atoms with Gasteiger partial charge in [0.05, 0.1) is 24.8 Å². The minimum atomic E-state index is -0.145. The molecule has 0 bridgehead atoms. The summed E-state index contributed by atoms with van der Waals surface area (Å²) in [6, 6.07) is 13.3. The summed E-state index contributed by atoms with van der Waals surface area (Å²) in [4.78, 5) is 19.0. The number of nitrogens with zero attached hydrogens (tertiary/aromatic N) is 3. The van der Waals surface area contributed by atoms with Crippen molar-refractivity contribution in [1.82, 2.24) is 10.1 Å². The van der Waals surface area contributed by atoms with Gasteiger partial charge in [-0.1, -0.05) is 11.2 Å². The molecule has 2 heterocycles. The fourth-order valence-corrected chi connectivity index (χ4v) is 3.59. The molecule has 1 fully saturated rings. The van der Waals surface area contributed by atoms with Gasteiger partial charge in [0.2, 0.25) is 17.6 Å². The lowest BCUT2D eigenvalue weighted by molar-refractivity contribution is -0.117. The van der Waals surface area contributed by atoms with Crippen molar-refractivity contribution in [2.45, 2.75) is 39.2 Å². The molecule has 0 aliphatic carbocycles. The Bertz CT molecular complexity index is 1040. The van der Waals surface area contributed by atoms with E-state index in [1.807, 2.05) is 63.2 Å². The minimum Gasteiger partial charge on any atom is -0.497 e. The van der Waals surface area contributed by atoms with Gasteiger partial charge in [0.1, 0.15) is 11.5 Å². The number of rotatable bonds is 6. The Hall–Kier alpha value is -3.35. The van der Waals surface area contributed by atoms with Crippen molar-refractivity contribution in [2.24, 2.45) is 0 Å². The lowest BCUT2D eigenvalue weighted by Gasteiger charge is -2.19. The molecule has 0 saturated carbocycles. The number of aryl methyl sites for hydroxylation is 1. The van der Waals surface area contributed by atoms with Crippen LogP contribution in [-0.2, 0) is 4.79 Å². The summed E-state index contributed by atoms with van der Waals surface area (Å²) < 4.78 is 16.5. The van der Waals surface area contributed by atoms with Crippen molar-refractivity contribution in [1.29, 1.82) is 0 Å². The predicted molar refractivity (Wildman–Crippen MR) is 113 cm³/mol. The van der Waals surface area contributed by atoms with Crippen molar-refractivity contribution in [3.63, 3.8) is 0 Å². The summed E-state index contributed by atoms with van der Waals surface area (Å²) in [5, 5.41) is 4.11. The normalized spacial score (nSPS) is 16.4. The van der Waals surface area contributed by atoms with Crippen LogP contribution in [0.3, 0.4) is 0 Å². The lowest BCUT2D eigenvalue weighted by Crippen LogP contribution is -2.25. The van der Waals surface area contributed by atoms with Gasteiger partial charge in [0.25, 0.3) is 0 Å². The summed E-state index contributed by atoms with van der Waals surface area (Å²) in [5.41, 5.74) is 2.70. The number of hydrogen-bond donors (Lipinski definition) is 0. The molecule has 30 heavy (non-hydrogen) atoms. The third-order valence-electron chi connectivity index (χ3n) is 5.11. The molecule has 3 aromatic rings. The molecule has 4 rings (SSSR count). The molecule has 1 amide bonds. The van der Waals surface area contributed by atoms with E-state index < -0.39 is 0 Å². The van der Waals surface area contributed by atoms with Crippen LogP contribution < -0.4 is 14.4 Å². The smallest absolute Gasteiger partial charge is 0.232 e. The summed E-state index contributed by atoms with van der Waals surface area (Å²) in [7, 11) is 1.62. The number of hydrogen-bond acceptors (Lipinski definition) is 6. The number of ether oxygens (including phenoxy) is 2. The molecule has 1 aromatic heterocycles. The Balaban J connectivity index is 1.51. The first-order valence-electron chi connectivity index (χ1n) is 10.0. The first-order valence-corrected chi connectivity index (χ1v) is 10.0. The number of carbonyl (C=O) groups excluding carboxylic acids is 1. The molecule has 1 saturated heterocycles. The molecule has 1 unspecified atom stereocenters. The van der Waals surface area contributed by atoms with E-state index in [9.17, 15) is 4.79 Å². The number of anilines is 1. The van der Waals surface area contributed by atoms with Gasteiger partial charge in [0, 0.05) is 24.6 Å². The molecule has 0 radical (unpaired) electrons. The number of carbonyl (C=O) groups is 1. The summed E-state index contributed by atoms with van der Waals surface area (Å²) in [6.07, 6.45) is 0.447. The SMILES string of the molecule is COc1ccc(C)c(N2CC(c3nc(-c4ccc(OC(C)C)cc4)no3)CC2=O)c1. The first kappa shape index (κ1) is 19.9. The zero-order chi connectivity index (χ0) is 21.3. The van der Waals surface area contributed by atoms with Gasteiger partial charge in [0.15, 0.2) is 0 Å². The van der Waals surface area contributed by atoms with E-state index in [4.69, 9.17) is 14.0 Å². The van der Waals surface area contributed by atoms with E-state index in [1.165, 1.54) is 0 Å². The van der Waals surface area contributed by atoms with Crippen molar-refractivity contribution in [3.8, 4) is 22.9 Å². The van der Waals surface area contributed by atoms with Crippen LogP contribution in [0.25, 0.3) is 11.4 Å². The van der Waals surface area contributed by atoms with Crippen LogP contribution >= 0.6 is 0 Å². The molecular formula is C23H25N3O4. The zero-order valence-electron chi connectivity index (χ0n) is 17.6. The predicted octanol–water partition coefficient (Wildman–Crippen LogP) is 4.36. The average molecular weight is 407 g/mol. The highest BCUT2D eigenvalue weighted by Crippen LogP contribution is 2.35. The van der Waals surface area contributed by atoms with Crippen molar-refractivity contribution >= 4 is 11.6 Å². The van der Waals surface area contributed by atoms with Gasteiger partial charge < -0.3 is 18.9 Å². The molecule has 0 N–H and O–H groups in total. The van der Waals surface area contributed by atoms with Gasteiger partial charge >= 0.3 is 0 Å². The maximum absolute atomic E-state index is 12.7. The van der Waals surface area contributed by atoms with Gasteiger partial charge in [-0.3, -0.25) is 4.79 Å². The summed E-state index contributed by atoms with van der Waals surface area (Å²) >= 11 is 0. The fraction of sp³-hybridized carbons (Fsp3) is 0.348. The molecule has 7 nitrogen and oxygen atoms in total. The van der Waals surface area contributed by atoms with Crippen LogP contribution in [0.2, 0.25) is 0 Å². The Morgan fingerprint density at radius 1 is 1.13 bits per heavy atom. The highest BCUT2D eigenvalue weighted by atomic mass is 16.5. The molecule has 7 heteroatoms. The van der Waals surface area contributed by atoms with E-state index in [0.29, 0.717) is 24.7 Å². The van der Waals surface area contributed by atoms with Crippen molar-refractivity contribution in [2.75, 3.05) is 18.6 Å². The monoisotopic (exact) mass is 407 g/mol. The Labute approximate surface area is 175 Å². The number of aromatic nitrogens is 2. The standard InChI is InChI=1S/C23H25N3O4/c1-14(2)29-18-9-6-16(7-10-18)22-24-23(30-25-22)17-11-21(27)26(13-17)20-12-19(28-4)8-5-15(20)3/h5-10,12,14,17H,11,13H2,1-4H3. The second-order valence-corrected chi connectivity index (χ2v) is 7.71. The van der Waals surface area contributed by atoms with Gasteiger partial charge in [-0.15, -0.1) is 0 Å². The van der Waals surface area contributed by atoms with E-state index in [2.05, 4.69) is 10.1 Å². The topological polar surface area (TPSA) is 77.7 Å². The third kappa shape index (κ3) is 4.01. The van der Waals surface area contributed by atoms with E-state index in [0.717, 1.165) is 28.3 Å². The maximum atomic E-state index is 12.7. The molecule has 0 spiro atoms. The highest BCUT2D eigenvalue weighted by molar-refractivity contribution is 5.97. The number of methoxy groups -OCH3 is 1. The number of amides is 1. The average Bonchev–Trinajstić information content (AvgIpc) is 3.36. The molecule has 156 valence electrons. The van der Waals surface area contributed by atoms with E-state index in [-0.39, 0.29) is 17.9 Å². The van der Waals surface area contributed by atoms with Crippen molar-refractivity contribution in [3.05, 3.63) is 53.9 Å². The van der Waals surface area contributed by atoms with E-state index in [1.54, 1.807) is 12.0 Å². The second-order valence-electron chi connectivity index (χ2n) is 7.71. The summed E-state index contributed by atoms with van der Waals surface area (Å²) in [6.45, 7) is 6.44. The quantitative estimate of drug-likeness (QED) is 0.604. The molecule has 1 aliphatic heterocycles. The molecule has 1 aliphatic rings. The third-order valence-corrected chi connectivity index (χ3v) is 5.11. The van der Waals surface area contributed by atoms with E-state index >= 15 is 0 Å². The van der Waals surface area contributed by atoms with Crippen molar-refractivity contribution < 1.29 is 18.8 Å². The Kier molecular flexibility index (Phi) is 5.44. The molecular weight excluding hydrogens is 382 g/mol. The van der Waals surface area contributed by atoms with Crippen LogP contribution in [0, 0.1) is 6.92 Å². The first-order chi connectivity index (χ1) is 14.4. The largest absolute Gasteiger partial charge is 0.497 e. The van der Waals surface area contributed by atoms with Gasteiger partial charge in [-0.25, -0.2) is 0 Å². The van der Waals surface area contributed by atoms with Crippen LogP contribution in [0.5, 0.6) is 11.5 Å². The van der Waals surface area contributed by atoms with Crippen LogP contribution in [0.1, 0.15) is 37.6 Å². The highest BCUT2D eigenvalue weighted by Gasteiger charge is 2.36. The van der Waals surface area contributed by atoms with Gasteiger partial charge in [-0.2, -0.15) is 4.98 Å². The van der Waals surface area contributed by atoms with Crippen LogP contribution in [0.4, 0.5) is 5.69 Å². The summed E-state index contributed by atoms with van der Waals surface area (Å²) in [5.74, 6) is 2.38. The lowest BCUT2D eigenvalue weighted by atomic mass is 10.1.